The molecule has 2 aromatic rings. The maximum atomic E-state index is 13.8. The lowest BCUT2D eigenvalue weighted by molar-refractivity contribution is 0.248. The van der Waals surface area contributed by atoms with E-state index < -0.39 is 0 Å². The second-order valence-corrected chi connectivity index (χ2v) is 5.39. The van der Waals surface area contributed by atoms with E-state index in [-0.39, 0.29) is 11.9 Å². The molecule has 0 fully saturated rings. The molecule has 0 aliphatic heterocycles. The molecule has 2 rings (SSSR count). The van der Waals surface area contributed by atoms with Gasteiger partial charge in [0.25, 0.3) is 0 Å². The lowest BCUT2D eigenvalue weighted by Gasteiger charge is -2.26. The summed E-state index contributed by atoms with van der Waals surface area (Å²) in [5, 5.41) is 0.621. The number of halogens is 2. The van der Waals surface area contributed by atoms with Gasteiger partial charge in [0.2, 0.25) is 0 Å². The molecule has 0 saturated carbocycles. The molecule has 0 radical (unpaired) electrons. The summed E-state index contributed by atoms with van der Waals surface area (Å²) in [6.45, 7) is 2.61. The van der Waals surface area contributed by atoms with E-state index in [0.717, 1.165) is 5.56 Å². The number of nitrogen functional groups attached to an aromatic ring is 1. The monoisotopic (exact) mass is 292 g/mol. The van der Waals surface area contributed by atoms with Gasteiger partial charge in [0.05, 0.1) is 0 Å². The third kappa shape index (κ3) is 3.30. The van der Waals surface area contributed by atoms with Crippen molar-refractivity contribution in [1.29, 1.82) is 0 Å². The highest BCUT2D eigenvalue weighted by molar-refractivity contribution is 6.30. The third-order valence-corrected chi connectivity index (χ3v) is 3.78. The summed E-state index contributed by atoms with van der Waals surface area (Å²) in [6.07, 6.45) is 0. The first-order valence-electron chi connectivity index (χ1n) is 6.47. The molecule has 4 heteroatoms. The Morgan fingerprint density at radius 3 is 2.60 bits per heavy atom. The number of nitrogens with two attached hydrogens (primary N) is 1. The van der Waals surface area contributed by atoms with Gasteiger partial charge in [-0.05, 0) is 37.7 Å². The van der Waals surface area contributed by atoms with Crippen LogP contribution in [0.1, 0.15) is 24.1 Å². The largest absolute Gasteiger partial charge is 0.398 e. The fraction of sp³-hybridized carbons (Fsp3) is 0.250. The Morgan fingerprint density at radius 1 is 1.25 bits per heavy atom. The molecule has 2 N–H and O–H groups in total. The van der Waals surface area contributed by atoms with Crippen LogP contribution in [-0.2, 0) is 6.54 Å². The SMILES string of the molecule is CC(c1ccccc1F)N(C)Cc1ccc(Cl)cc1N. The predicted octanol–water partition coefficient (Wildman–Crippen LogP) is 4.25. The fourth-order valence-electron chi connectivity index (χ4n) is 2.17. The summed E-state index contributed by atoms with van der Waals surface area (Å²) in [5.74, 6) is -0.184. The van der Waals surface area contributed by atoms with E-state index in [4.69, 9.17) is 17.3 Å². The van der Waals surface area contributed by atoms with Crippen LogP contribution in [0.2, 0.25) is 5.02 Å². The van der Waals surface area contributed by atoms with Gasteiger partial charge >= 0.3 is 0 Å². The van der Waals surface area contributed by atoms with E-state index in [1.54, 1.807) is 12.1 Å². The van der Waals surface area contributed by atoms with E-state index in [0.29, 0.717) is 22.8 Å². The van der Waals surface area contributed by atoms with Gasteiger partial charge in [0.15, 0.2) is 0 Å². The lowest BCUT2D eigenvalue weighted by Crippen LogP contribution is -2.23. The Kier molecular flexibility index (Phi) is 4.63. The molecule has 106 valence electrons. The van der Waals surface area contributed by atoms with Crippen LogP contribution in [-0.4, -0.2) is 11.9 Å². The van der Waals surface area contributed by atoms with Crippen molar-refractivity contribution in [1.82, 2.24) is 4.90 Å². The van der Waals surface area contributed by atoms with Crippen LogP contribution in [0, 0.1) is 5.82 Å². The van der Waals surface area contributed by atoms with Gasteiger partial charge in [0.1, 0.15) is 5.82 Å². The highest BCUT2D eigenvalue weighted by atomic mass is 35.5. The topological polar surface area (TPSA) is 29.3 Å². The molecule has 2 nitrogen and oxygen atoms in total. The minimum atomic E-state index is -0.184. The zero-order chi connectivity index (χ0) is 14.7. The fourth-order valence-corrected chi connectivity index (χ4v) is 2.35. The van der Waals surface area contributed by atoms with Gasteiger partial charge in [-0.1, -0.05) is 35.9 Å². The van der Waals surface area contributed by atoms with Crippen molar-refractivity contribution < 1.29 is 4.39 Å². The first kappa shape index (κ1) is 14.8. The van der Waals surface area contributed by atoms with Gasteiger partial charge < -0.3 is 5.73 Å². The second-order valence-electron chi connectivity index (χ2n) is 4.96. The lowest BCUT2D eigenvalue weighted by atomic mass is 10.1. The molecule has 0 amide bonds. The van der Waals surface area contributed by atoms with Crippen LogP contribution in [0.5, 0.6) is 0 Å². The highest BCUT2D eigenvalue weighted by Crippen LogP contribution is 2.25. The first-order chi connectivity index (χ1) is 9.49. The molecule has 0 bridgehead atoms. The Bertz CT molecular complexity index is 601. The van der Waals surface area contributed by atoms with Crippen LogP contribution < -0.4 is 5.73 Å². The van der Waals surface area contributed by atoms with Gasteiger partial charge in [-0.3, -0.25) is 4.90 Å². The van der Waals surface area contributed by atoms with E-state index in [1.165, 1.54) is 6.07 Å². The van der Waals surface area contributed by atoms with E-state index in [9.17, 15) is 4.39 Å². The van der Waals surface area contributed by atoms with Gasteiger partial charge in [-0.2, -0.15) is 0 Å². The van der Waals surface area contributed by atoms with Crippen molar-refractivity contribution in [3.8, 4) is 0 Å². The first-order valence-corrected chi connectivity index (χ1v) is 6.85. The maximum Gasteiger partial charge on any atom is 0.127 e. The number of benzene rings is 2. The molecule has 0 spiro atoms. The Balaban J connectivity index is 2.15. The second kappa shape index (κ2) is 6.25. The molecular weight excluding hydrogens is 275 g/mol. The average Bonchev–Trinajstić information content (AvgIpc) is 2.41. The Morgan fingerprint density at radius 2 is 1.95 bits per heavy atom. The molecule has 0 aliphatic rings. The summed E-state index contributed by atoms with van der Waals surface area (Å²) in [6, 6.07) is 12.3. The molecule has 0 heterocycles. The smallest absolute Gasteiger partial charge is 0.127 e. The van der Waals surface area contributed by atoms with Crippen molar-refractivity contribution in [3.63, 3.8) is 0 Å². The van der Waals surface area contributed by atoms with E-state index in [2.05, 4.69) is 4.90 Å². The summed E-state index contributed by atoms with van der Waals surface area (Å²) in [4.78, 5) is 2.05. The van der Waals surface area contributed by atoms with Crippen LogP contribution in [0.15, 0.2) is 42.5 Å². The molecule has 2 aromatic carbocycles. The Hall–Kier alpha value is -1.58. The normalized spacial score (nSPS) is 12.7. The summed E-state index contributed by atoms with van der Waals surface area (Å²) < 4.78 is 13.8. The third-order valence-electron chi connectivity index (χ3n) is 3.54. The minimum Gasteiger partial charge on any atom is -0.398 e. The van der Waals surface area contributed by atoms with E-state index >= 15 is 0 Å². The predicted molar refractivity (Wildman–Crippen MR) is 82.1 cm³/mol. The highest BCUT2D eigenvalue weighted by Gasteiger charge is 2.16. The summed E-state index contributed by atoms with van der Waals surface area (Å²) in [7, 11) is 1.95. The van der Waals surface area contributed by atoms with Crippen molar-refractivity contribution in [2.24, 2.45) is 0 Å². The van der Waals surface area contributed by atoms with Crippen molar-refractivity contribution in [2.75, 3.05) is 12.8 Å². The van der Waals surface area contributed by atoms with Crippen molar-refractivity contribution >= 4 is 17.3 Å². The minimum absolute atomic E-state index is 0.0359. The van der Waals surface area contributed by atoms with E-state index in [1.807, 2.05) is 38.2 Å². The molecular formula is C16H18ClFN2. The van der Waals surface area contributed by atoms with Crippen LogP contribution >= 0.6 is 11.6 Å². The van der Waals surface area contributed by atoms with Crippen molar-refractivity contribution in [3.05, 3.63) is 64.4 Å². The molecule has 0 saturated heterocycles. The average molecular weight is 293 g/mol. The van der Waals surface area contributed by atoms with Crippen LogP contribution in [0.4, 0.5) is 10.1 Å². The summed E-state index contributed by atoms with van der Waals surface area (Å²) >= 11 is 5.89. The molecule has 0 aromatic heterocycles. The van der Waals surface area contributed by atoms with Gasteiger partial charge in [0, 0.05) is 28.9 Å². The Labute approximate surface area is 124 Å². The van der Waals surface area contributed by atoms with Crippen LogP contribution in [0.3, 0.4) is 0 Å². The van der Waals surface area contributed by atoms with Crippen LogP contribution in [0.25, 0.3) is 0 Å². The zero-order valence-electron chi connectivity index (χ0n) is 11.6. The summed E-state index contributed by atoms with van der Waals surface area (Å²) in [5.41, 5.74) is 8.28. The standard InChI is InChI=1S/C16H18ClFN2/c1-11(14-5-3-4-6-15(14)18)20(2)10-12-7-8-13(17)9-16(12)19/h3-9,11H,10,19H2,1-2H3. The number of hydrogen-bond acceptors (Lipinski definition) is 2. The number of hydrogen-bond donors (Lipinski definition) is 1. The zero-order valence-corrected chi connectivity index (χ0v) is 12.4. The molecule has 1 unspecified atom stereocenters. The number of nitrogens with zero attached hydrogens (tertiary/aromatic N) is 1. The van der Waals surface area contributed by atoms with Gasteiger partial charge in [-0.15, -0.1) is 0 Å². The molecule has 1 atom stereocenters. The maximum absolute atomic E-state index is 13.8. The molecule has 0 aliphatic carbocycles. The molecule has 20 heavy (non-hydrogen) atoms. The van der Waals surface area contributed by atoms with Gasteiger partial charge in [-0.25, -0.2) is 4.39 Å². The number of rotatable bonds is 4. The quantitative estimate of drug-likeness (QED) is 0.854. The number of anilines is 1. The van der Waals surface area contributed by atoms with Crippen molar-refractivity contribution in [2.45, 2.75) is 19.5 Å².